The zero-order valence-corrected chi connectivity index (χ0v) is 16.2. The third-order valence-corrected chi connectivity index (χ3v) is 7.88. The second-order valence-electron chi connectivity index (χ2n) is 6.10. The van der Waals surface area contributed by atoms with E-state index in [1.54, 1.807) is 0 Å². The van der Waals surface area contributed by atoms with E-state index in [1.165, 1.54) is 17.3 Å². The number of hydrogen-bond acceptors (Lipinski definition) is 5. The van der Waals surface area contributed by atoms with Crippen LogP contribution < -0.4 is 5.32 Å². The Morgan fingerprint density at radius 3 is 2.42 bits per heavy atom. The monoisotopic (exact) mass is 406 g/mol. The van der Waals surface area contributed by atoms with Crippen LogP contribution >= 0.6 is 0 Å². The predicted octanol–water partition coefficient (Wildman–Crippen LogP) is 1.16. The van der Waals surface area contributed by atoms with Gasteiger partial charge in [-0.05, 0) is 31.0 Å². The van der Waals surface area contributed by atoms with Crippen molar-refractivity contribution < 1.29 is 26.0 Å². The van der Waals surface area contributed by atoms with E-state index in [2.05, 4.69) is 5.32 Å². The quantitative estimate of drug-likeness (QED) is 0.732. The Hall–Kier alpha value is -1.52. The molecule has 0 aromatic heterocycles. The van der Waals surface area contributed by atoms with E-state index in [-0.39, 0.29) is 23.6 Å². The Kier molecular flexibility index (Phi) is 6.75. The van der Waals surface area contributed by atoms with Crippen molar-refractivity contribution in [2.75, 3.05) is 31.1 Å². The summed E-state index contributed by atoms with van der Waals surface area (Å²) >= 11 is 0. The fourth-order valence-corrected chi connectivity index (χ4v) is 4.96. The number of carbonyl (C=O) groups excluding carboxylic acids is 1. The highest BCUT2D eigenvalue weighted by atomic mass is 32.2. The van der Waals surface area contributed by atoms with E-state index in [1.807, 2.05) is 0 Å². The van der Waals surface area contributed by atoms with Gasteiger partial charge < -0.3 is 5.32 Å². The first-order valence-corrected chi connectivity index (χ1v) is 11.7. The Morgan fingerprint density at radius 2 is 1.81 bits per heavy atom. The van der Waals surface area contributed by atoms with Crippen LogP contribution in [-0.4, -0.2) is 58.2 Å². The normalized spacial score (nSPS) is 16.4. The molecule has 1 aromatic rings. The van der Waals surface area contributed by atoms with Crippen molar-refractivity contribution >= 4 is 25.8 Å². The molecule has 1 aliphatic heterocycles. The number of amides is 1. The molecule has 1 N–H and O–H groups in total. The second-order valence-corrected chi connectivity index (χ2v) is 10.5. The first-order chi connectivity index (χ1) is 12.2. The largest absolute Gasteiger partial charge is 0.351 e. The molecule has 26 heavy (non-hydrogen) atoms. The number of benzene rings is 1. The van der Waals surface area contributed by atoms with Gasteiger partial charge >= 0.3 is 0 Å². The van der Waals surface area contributed by atoms with Crippen LogP contribution in [0.15, 0.2) is 23.1 Å². The number of hydrogen-bond donors (Lipinski definition) is 1. The van der Waals surface area contributed by atoms with Crippen LogP contribution in [0, 0.1) is 5.82 Å². The van der Waals surface area contributed by atoms with Gasteiger partial charge in [-0.2, -0.15) is 4.31 Å². The third-order valence-electron chi connectivity index (χ3n) is 4.26. The lowest BCUT2D eigenvalue weighted by atomic mass is 10.2. The van der Waals surface area contributed by atoms with Crippen LogP contribution in [0.1, 0.15) is 36.5 Å². The molecule has 10 heteroatoms. The minimum atomic E-state index is -4.01. The average molecular weight is 407 g/mol. The number of nitrogens with one attached hydrogen (secondary N) is 1. The summed E-state index contributed by atoms with van der Waals surface area (Å²) in [6.45, 7) is 2.07. The van der Waals surface area contributed by atoms with Gasteiger partial charge in [-0.3, -0.25) is 4.79 Å². The number of nitrogens with zero attached hydrogens (tertiary/aromatic N) is 1. The number of rotatable bonds is 7. The average Bonchev–Trinajstić information content (AvgIpc) is 2.62. The van der Waals surface area contributed by atoms with Gasteiger partial charge in [0.15, 0.2) is 9.84 Å². The molecule has 0 saturated carbocycles. The summed E-state index contributed by atoms with van der Waals surface area (Å²) in [5.41, 5.74) is -0.0316. The van der Waals surface area contributed by atoms with E-state index in [0.717, 1.165) is 18.6 Å². The minimum absolute atomic E-state index is 0.0301. The Labute approximate surface area is 153 Å². The molecular weight excluding hydrogens is 383 g/mol. The third kappa shape index (κ3) is 5.01. The first kappa shape index (κ1) is 20.8. The molecule has 1 amide bonds. The van der Waals surface area contributed by atoms with Gasteiger partial charge in [0.05, 0.1) is 5.75 Å². The summed E-state index contributed by atoms with van der Waals surface area (Å²) in [4.78, 5) is 11.6. The van der Waals surface area contributed by atoms with Gasteiger partial charge in [0, 0.05) is 31.0 Å². The highest BCUT2D eigenvalue weighted by Crippen LogP contribution is 2.24. The SMILES string of the molecule is CCS(=O)(=O)CCNC(=O)c1ccc(F)c(S(=O)(=O)N2CCCCC2)c1. The fourth-order valence-electron chi connectivity index (χ4n) is 2.65. The molecule has 0 aliphatic carbocycles. The molecule has 0 spiro atoms. The Balaban J connectivity index is 2.17. The van der Waals surface area contributed by atoms with Crippen molar-refractivity contribution in [3.05, 3.63) is 29.6 Å². The summed E-state index contributed by atoms with van der Waals surface area (Å²) < 4.78 is 63.5. The lowest BCUT2D eigenvalue weighted by Crippen LogP contribution is -2.36. The Bertz CT molecular complexity index is 863. The molecule has 1 saturated heterocycles. The van der Waals surface area contributed by atoms with Crippen LogP contribution in [0.4, 0.5) is 4.39 Å². The summed E-state index contributed by atoms with van der Waals surface area (Å²) in [7, 11) is -7.24. The van der Waals surface area contributed by atoms with Gasteiger partial charge in [0.1, 0.15) is 10.7 Å². The molecule has 0 bridgehead atoms. The number of sulfonamides is 1. The van der Waals surface area contributed by atoms with Crippen LogP contribution in [-0.2, 0) is 19.9 Å². The van der Waals surface area contributed by atoms with Gasteiger partial charge in [-0.1, -0.05) is 13.3 Å². The van der Waals surface area contributed by atoms with Crippen LogP contribution in [0.2, 0.25) is 0 Å². The smallest absolute Gasteiger partial charge is 0.251 e. The number of carbonyl (C=O) groups is 1. The maximum absolute atomic E-state index is 14.1. The van der Waals surface area contributed by atoms with E-state index in [9.17, 15) is 26.0 Å². The second kappa shape index (κ2) is 8.45. The Morgan fingerprint density at radius 1 is 1.15 bits per heavy atom. The minimum Gasteiger partial charge on any atom is -0.351 e. The fraction of sp³-hybridized carbons (Fsp3) is 0.562. The lowest BCUT2D eigenvalue weighted by molar-refractivity contribution is 0.0956. The number of sulfone groups is 1. The molecule has 7 nitrogen and oxygen atoms in total. The summed E-state index contributed by atoms with van der Waals surface area (Å²) in [6.07, 6.45) is 2.36. The lowest BCUT2D eigenvalue weighted by Gasteiger charge is -2.26. The summed E-state index contributed by atoms with van der Waals surface area (Å²) in [6, 6.07) is 3.12. The molecule has 2 rings (SSSR count). The molecule has 1 heterocycles. The topological polar surface area (TPSA) is 101 Å². The van der Waals surface area contributed by atoms with Crippen molar-refractivity contribution in [1.29, 1.82) is 0 Å². The molecule has 146 valence electrons. The zero-order valence-electron chi connectivity index (χ0n) is 14.6. The van der Waals surface area contributed by atoms with Gasteiger partial charge in [-0.25, -0.2) is 21.2 Å². The predicted molar refractivity (Wildman–Crippen MR) is 95.7 cm³/mol. The number of halogens is 1. The summed E-state index contributed by atoms with van der Waals surface area (Å²) in [5.74, 6) is -1.81. The molecule has 1 aromatic carbocycles. The van der Waals surface area contributed by atoms with Crippen LogP contribution in [0.5, 0.6) is 0 Å². The van der Waals surface area contributed by atoms with Crippen molar-refractivity contribution in [1.82, 2.24) is 9.62 Å². The van der Waals surface area contributed by atoms with E-state index < -0.39 is 36.5 Å². The van der Waals surface area contributed by atoms with E-state index in [0.29, 0.717) is 25.9 Å². The number of piperidine rings is 1. The molecule has 1 fully saturated rings. The highest BCUT2D eigenvalue weighted by molar-refractivity contribution is 7.91. The molecule has 0 radical (unpaired) electrons. The van der Waals surface area contributed by atoms with Crippen LogP contribution in [0.25, 0.3) is 0 Å². The van der Waals surface area contributed by atoms with Crippen molar-refractivity contribution in [3.63, 3.8) is 0 Å². The molecule has 0 atom stereocenters. The molecular formula is C16H23FN2O5S2. The van der Waals surface area contributed by atoms with Gasteiger partial charge in [-0.15, -0.1) is 0 Å². The van der Waals surface area contributed by atoms with Crippen molar-refractivity contribution in [2.45, 2.75) is 31.1 Å². The van der Waals surface area contributed by atoms with Crippen molar-refractivity contribution in [3.8, 4) is 0 Å². The van der Waals surface area contributed by atoms with Crippen molar-refractivity contribution in [2.24, 2.45) is 0 Å². The summed E-state index contributed by atoms with van der Waals surface area (Å²) in [5, 5.41) is 2.42. The van der Waals surface area contributed by atoms with Gasteiger partial charge in [0.25, 0.3) is 5.91 Å². The zero-order chi connectivity index (χ0) is 19.4. The molecule has 1 aliphatic rings. The standard InChI is InChI=1S/C16H23FN2O5S2/c1-2-25(21,22)11-8-18-16(20)13-6-7-14(17)15(12-13)26(23,24)19-9-4-3-5-10-19/h6-7,12H,2-5,8-11H2,1H3,(H,18,20). The van der Waals surface area contributed by atoms with E-state index >= 15 is 0 Å². The molecule has 0 unspecified atom stereocenters. The van der Waals surface area contributed by atoms with E-state index in [4.69, 9.17) is 0 Å². The van der Waals surface area contributed by atoms with Crippen LogP contribution in [0.3, 0.4) is 0 Å². The maximum Gasteiger partial charge on any atom is 0.251 e. The van der Waals surface area contributed by atoms with Gasteiger partial charge in [0.2, 0.25) is 10.0 Å². The first-order valence-electron chi connectivity index (χ1n) is 8.45. The highest BCUT2D eigenvalue weighted by Gasteiger charge is 2.29. The maximum atomic E-state index is 14.1.